The zero-order valence-corrected chi connectivity index (χ0v) is 8.29. The van der Waals surface area contributed by atoms with Crippen molar-refractivity contribution in [2.45, 2.75) is 0 Å². The first kappa shape index (κ1) is 8.84. The van der Waals surface area contributed by atoms with Gasteiger partial charge in [-0.1, -0.05) is 6.07 Å². The summed E-state index contributed by atoms with van der Waals surface area (Å²) in [6.45, 7) is 0. The van der Waals surface area contributed by atoms with E-state index in [9.17, 15) is 4.79 Å². The molecule has 0 unspecified atom stereocenters. The molecular formula is C11H8N4O. The van der Waals surface area contributed by atoms with Gasteiger partial charge in [0.05, 0.1) is 11.2 Å². The highest BCUT2D eigenvalue weighted by Gasteiger charge is 2.04. The molecule has 3 aromatic rings. The maximum absolute atomic E-state index is 11.1. The van der Waals surface area contributed by atoms with Gasteiger partial charge >= 0.3 is 5.69 Å². The Morgan fingerprint density at radius 1 is 1.25 bits per heavy atom. The molecule has 0 aromatic carbocycles. The number of H-pyrrole nitrogens is 1. The van der Waals surface area contributed by atoms with Crippen molar-refractivity contribution in [1.29, 1.82) is 0 Å². The third-order valence-corrected chi connectivity index (χ3v) is 2.32. The molecule has 0 aliphatic rings. The van der Waals surface area contributed by atoms with Crippen LogP contribution in [0.4, 0.5) is 0 Å². The molecule has 1 N–H and O–H groups in total. The van der Waals surface area contributed by atoms with E-state index >= 15 is 0 Å². The van der Waals surface area contributed by atoms with Crippen LogP contribution in [-0.2, 0) is 0 Å². The molecule has 0 saturated heterocycles. The van der Waals surface area contributed by atoms with Crippen LogP contribution in [0, 0.1) is 0 Å². The van der Waals surface area contributed by atoms with Gasteiger partial charge in [0.15, 0.2) is 0 Å². The predicted molar refractivity (Wildman–Crippen MR) is 59.0 cm³/mol. The third kappa shape index (κ3) is 1.38. The van der Waals surface area contributed by atoms with Crippen LogP contribution in [0.3, 0.4) is 0 Å². The minimum absolute atomic E-state index is 0.366. The number of hydrogen-bond acceptors (Lipinski definition) is 3. The molecule has 0 spiro atoms. The van der Waals surface area contributed by atoms with E-state index in [1.54, 1.807) is 10.6 Å². The summed E-state index contributed by atoms with van der Waals surface area (Å²) in [4.78, 5) is 17.3. The van der Waals surface area contributed by atoms with Gasteiger partial charge in [-0.25, -0.2) is 14.3 Å². The second kappa shape index (κ2) is 3.30. The average Bonchev–Trinajstić information content (AvgIpc) is 2.72. The number of nitrogens with one attached hydrogen (secondary N) is 1. The van der Waals surface area contributed by atoms with Crippen molar-refractivity contribution < 1.29 is 0 Å². The molecule has 3 heterocycles. The Bertz CT molecular complexity index is 665. The number of fused-ring (bicyclic) bond motifs is 1. The molecule has 0 amide bonds. The van der Waals surface area contributed by atoms with E-state index in [4.69, 9.17) is 0 Å². The first-order valence-electron chi connectivity index (χ1n) is 4.83. The molecule has 0 aliphatic heterocycles. The van der Waals surface area contributed by atoms with E-state index in [1.807, 2.05) is 30.5 Å². The zero-order valence-electron chi connectivity index (χ0n) is 8.29. The Labute approximate surface area is 90.4 Å². The predicted octanol–water partition coefficient (Wildman–Crippen LogP) is 1.08. The third-order valence-electron chi connectivity index (χ3n) is 2.32. The fraction of sp³-hybridized carbons (Fsp3) is 0. The molecule has 0 atom stereocenters. The van der Waals surface area contributed by atoms with E-state index in [0.29, 0.717) is 5.69 Å². The van der Waals surface area contributed by atoms with Gasteiger partial charge in [0, 0.05) is 12.4 Å². The van der Waals surface area contributed by atoms with E-state index < -0.39 is 0 Å². The molecule has 0 radical (unpaired) electrons. The average molecular weight is 212 g/mol. The molecule has 16 heavy (non-hydrogen) atoms. The molecule has 5 heteroatoms. The Kier molecular flexibility index (Phi) is 1.83. The maximum atomic E-state index is 11.1. The van der Waals surface area contributed by atoms with Crippen molar-refractivity contribution in [3.05, 3.63) is 53.2 Å². The minimum Gasteiger partial charge on any atom is -0.304 e. The summed E-state index contributed by atoms with van der Waals surface area (Å²) in [5.41, 5.74) is 2.01. The summed E-state index contributed by atoms with van der Waals surface area (Å²) in [6.07, 6.45) is 3.33. The first-order chi connectivity index (χ1) is 7.83. The molecule has 0 aliphatic carbocycles. The van der Waals surface area contributed by atoms with Gasteiger partial charge < -0.3 is 4.98 Å². The Balaban J connectivity index is 2.23. The standard InChI is InChI=1S/C11H8N4O/c16-11-12-5-4-9(13-11)10-7-8-3-1-2-6-15(8)14-10/h1-7H,(H,12,13,16). The van der Waals surface area contributed by atoms with Crippen LogP contribution in [0.2, 0.25) is 0 Å². The number of aromatic nitrogens is 4. The van der Waals surface area contributed by atoms with Gasteiger partial charge in [0.25, 0.3) is 0 Å². The summed E-state index contributed by atoms with van der Waals surface area (Å²) >= 11 is 0. The zero-order chi connectivity index (χ0) is 11.0. The largest absolute Gasteiger partial charge is 0.345 e. The molecule has 0 fully saturated rings. The first-order valence-corrected chi connectivity index (χ1v) is 4.83. The second-order valence-electron chi connectivity index (χ2n) is 3.39. The highest BCUT2D eigenvalue weighted by Crippen LogP contribution is 2.15. The number of hydrogen-bond donors (Lipinski definition) is 1. The highest BCUT2D eigenvalue weighted by atomic mass is 16.1. The summed E-state index contributed by atoms with van der Waals surface area (Å²) in [5, 5.41) is 4.34. The van der Waals surface area contributed by atoms with E-state index in [1.165, 1.54) is 6.20 Å². The monoisotopic (exact) mass is 212 g/mol. The number of nitrogens with zero attached hydrogens (tertiary/aromatic N) is 3. The molecule has 0 bridgehead atoms. The second-order valence-corrected chi connectivity index (χ2v) is 3.39. The minimum atomic E-state index is -0.366. The summed E-state index contributed by atoms with van der Waals surface area (Å²) in [7, 11) is 0. The molecular weight excluding hydrogens is 204 g/mol. The summed E-state index contributed by atoms with van der Waals surface area (Å²) < 4.78 is 1.76. The fourth-order valence-electron chi connectivity index (χ4n) is 1.59. The van der Waals surface area contributed by atoms with Gasteiger partial charge in [0.2, 0.25) is 0 Å². The smallest absolute Gasteiger partial charge is 0.304 e. The van der Waals surface area contributed by atoms with E-state index in [2.05, 4.69) is 15.1 Å². The van der Waals surface area contributed by atoms with Crippen LogP contribution >= 0.6 is 0 Å². The van der Waals surface area contributed by atoms with Gasteiger partial charge in [-0.15, -0.1) is 0 Å². The van der Waals surface area contributed by atoms with E-state index in [-0.39, 0.29) is 5.69 Å². The summed E-state index contributed by atoms with van der Waals surface area (Å²) in [5.74, 6) is 0. The number of rotatable bonds is 1. The van der Waals surface area contributed by atoms with Crippen molar-refractivity contribution in [1.82, 2.24) is 19.6 Å². The van der Waals surface area contributed by atoms with Gasteiger partial charge in [-0.05, 0) is 24.3 Å². The van der Waals surface area contributed by atoms with Crippen LogP contribution in [0.1, 0.15) is 0 Å². The fourth-order valence-corrected chi connectivity index (χ4v) is 1.59. The van der Waals surface area contributed by atoms with Gasteiger partial charge in [0.1, 0.15) is 5.69 Å². The normalized spacial score (nSPS) is 10.8. The van der Waals surface area contributed by atoms with Crippen molar-refractivity contribution in [2.75, 3.05) is 0 Å². The van der Waals surface area contributed by atoms with Gasteiger partial charge in [-0.3, -0.25) is 0 Å². The maximum Gasteiger partial charge on any atom is 0.345 e. The molecule has 5 nitrogen and oxygen atoms in total. The van der Waals surface area contributed by atoms with Crippen LogP contribution in [-0.4, -0.2) is 19.6 Å². The molecule has 3 aromatic heterocycles. The molecule has 0 saturated carbocycles. The molecule has 3 rings (SSSR count). The van der Waals surface area contributed by atoms with Crippen molar-refractivity contribution >= 4 is 5.52 Å². The Morgan fingerprint density at radius 2 is 2.19 bits per heavy atom. The van der Waals surface area contributed by atoms with Crippen LogP contribution in [0.5, 0.6) is 0 Å². The van der Waals surface area contributed by atoms with Crippen LogP contribution in [0.25, 0.3) is 16.9 Å². The van der Waals surface area contributed by atoms with Crippen LogP contribution < -0.4 is 5.69 Å². The van der Waals surface area contributed by atoms with Crippen molar-refractivity contribution in [2.24, 2.45) is 0 Å². The topological polar surface area (TPSA) is 63.1 Å². The lowest BCUT2D eigenvalue weighted by Gasteiger charge is -1.92. The quantitative estimate of drug-likeness (QED) is 0.656. The Morgan fingerprint density at radius 3 is 3.00 bits per heavy atom. The number of pyridine rings is 1. The SMILES string of the molecule is O=c1nccc(-c2cc3ccccn3n2)[nH]1. The van der Waals surface area contributed by atoms with Crippen molar-refractivity contribution in [3.8, 4) is 11.4 Å². The summed E-state index contributed by atoms with van der Waals surface area (Å²) in [6, 6.07) is 9.43. The lowest BCUT2D eigenvalue weighted by Crippen LogP contribution is -2.09. The Hall–Kier alpha value is -2.43. The van der Waals surface area contributed by atoms with Crippen LogP contribution in [0.15, 0.2) is 47.5 Å². The van der Waals surface area contributed by atoms with Crippen molar-refractivity contribution in [3.63, 3.8) is 0 Å². The lowest BCUT2D eigenvalue weighted by atomic mass is 10.3. The lowest BCUT2D eigenvalue weighted by molar-refractivity contribution is 0.957. The van der Waals surface area contributed by atoms with Gasteiger partial charge in [-0.2, -0.15) is 5.10 Å². The highest BCUT2D eigenvalue weighted by molar-refractivity contribution is 5.62. The van der Waals surface area contributed by atoms with E-state index in [0.717, 1.165) is 11.2 Å². The molecule has 78 valence electrons. The number of aromatic amines is 1.